The molecule has 0 bridgehead atoms. The normalized spacial score (nSPS) is 10.2. The van der Waals surface area contributed by atoms with Crippen molar-refractivity contribution >= 4 is 17.8 Å². The summed E-state index contributed by atoms with van der Waals surface area (Å²) in [6.45, 7) is 3.20. The molecule has 0 unspecified atom stereocenters. The fraction of sp³-hybridized carbons (Fsp3) is 0.214. The zero-order valence-electron chi connectivity index (χ0n) is 11.5. The first-order valence-corrected chi connectivity index (χ1v) is 6.15. The van der Waals surface area contributed by atoms with Gasteiger partial charge >= 0.3 is 5.97 Å². The lowest BCUT2D eigenvalue weighted by atomic mass is 10.1. The van der Waals surface area contributed by atoms with Crippen LogP contribution in [-0.2, 0) is 4.79 Å². The second-order valence-corrected chi connectivity index (χ2v) is 4.47. The number of benzene rings is 1. The number of aromatic nitrogens is 1. The van der Waals surface area contributed by atoms with Crippen molar-refractivity contribution in [3.63, 3.8) is 0 Å². The van der Waals surface area contributed by atoms with Gasteiger partial charge in [0.1, 0.15) is 11.3 Å². The molecule has 1 aromatic carbocycles. The van der Waals surface area contributed by atoms with Crippen LogP contribution in [0.5, 0.6) is 5.75 Å². The van der Waals surface area contributed by atoms with Crippen LogP contribution in [0.4, 0.5) is 5.88 Å². The van der Waals surface area contributed by atoms with Crippen molar-refractivity contribution in [3.05, 3.63) is 41.1 Å². The highest BCUT2D eigenvalue weighted by molar-refractivity contribution is 5.92. The van der Waals surface area contributed by atoms with E-state index in [-0.39, 0.29) is 23.8 Å². The second kappa shape index (κ2) is 6.08. The molecule has 1 heterocycles. The summed E-state index contributed by atoms with van der Waals surface area (Å²) in [5.74, 6) is -1.23. The number of amides is 1. The van der Waals surface area contributed by atoms with E-state index in [0.717, 1.165) is 5.56 Å². The number of aryl methyl sites for hydroxylation is 2. The summed E-state index contributed by atoms with van der Waals surface area (Å²) < 4.78 is 10.1. The molecule has 2 aromatic rings. The number of aromatic carboxylic acids is 1. The molecule has 0 aliphatic rings. The van der Waals surface area contributed by atoms with Crippen LogP contribution < -0.4 is 10.1 Å². The van der Waals surface area contributed by atoms with Crippen molar-refractivity contribution in [1.29, 1.82) is 0 Å². The lowest BCUT2D eigenvalue weighted by Gasteiger charge is -2.09. The van der Waals surface area contributed by atoms with Gasteiger partial charge in [-0.15, -0.1) is 0 Å². The van der Waals surface area contributed by atoms with Gasteiger partial charge in [0.15, 0.2) is 6.61 Å². The number of rotatable bonds is 5. The summed E-state index contributed by atoms with van der Waals surface area (Å²) in [5, 5.41) is 15.1. The van der Waals surface area contributed by atoms with E-state index in [9.17, 15) is 9.59 Å². The number of ether oxygens (including phenoxy) is 1. The van der Waals surface area contributed by atoms with Crippen molar-refractivity contribution < 1.29 is 24.0 Å². The van der Waals surface area contributed by atoms with Gasteiger partial charge in [-0.2, -0.15) is 0 Å². The van der Waals surface area contributed by atoms with E-state index in [0.29, 0.717) is 5.69 Å². The first-order valence-electron chi connectivity index (χ1n) is 6.15. The Balaban J connectivity index is 2.00. The SMILES string of the molecule is Cc1ccc(C(=O)O)c(OCC(=O)Nc2cc(C)no2)c1. The van der Waals surface area contributed by atoms with E-state index in [4.69, 9.17) is 14.4 Å². The zero-order chi connectivity index (χ0) is 15.4. The molecule has 0 saturated carbocycles. The molecular weight excluding hydrogens is 276 g/mol. The molecule has 7 heteroatoms. The van der Waals surface area contributed by atoms with Crippen molar-refractivity contribution in [3.8, 4) is 5.75 Å². The van der Waals surface area contributed by atoms with E-state index in [1.807, 2.05) is 0 Å². The lowest BCUT2D eigenvalue weighted by molar-refractivity contribution is -0.118. The quantitative estimate of drug-likeness (QED) is 0.873. The van der Waals surface area contributed by atoms with E-state index >= 15 is 0 Å². The summed E-state index contributed by atoms with van der Waals surface area (Å²) >= 11 is 0. The molecule has 0 saturated heterocycles. The van der Waals surface area contributed by atoms with Crippen LogP contribution in [0.2, 0.25) is 0 Å². The number of carboxylic acid groups (broad SMARTS) is 1. The van der Waals surface area contributed by atoms with Gasteiger partial charge in [-0.3, -0.25) is 10.1 Å². The van der Waals surface area contributed by atoms with Crippen molar-refractivity contribution in [2.45, 2.75) is 13.8 Å². The molecular formula is C14H14N2O5. The maximum atomic E-state index is 11.7. The fourth-order valence-corrected chi connectivity index (χ4v) is 1.66. The standard InChI is InChI=1S/C14H14N2O5/c1-8-3-4-10(14(18)19)11(5-8)20-7-12(17)15-13-6-9(2)16-21-13/h3-6H,7H2,1-2H3,(H,15,17)(H,18,19). The van der Waals surface area contributed by atoms with Crippen molar-refractivity contribution in [2.24, 2.45) is 0 Å². The Bertz CT molecular complexity index is 678. The minimum Gasteiger partial charge on any atom is -0.483 e. The lowest BCUT2D eigenvalue weighted by Crippen LogP contribution is -2.20. The Hall–Kier alpha value is -2.83. The minimum absolute atomic E-state index is 0.00362. The average Bonchev–Trinajstić information content (AvgIpc) is 2.81. The highest BCUT2D eigenvalue weighted by Gasteiger charge is 2.13. The van der Waals surface area contributed by atoms with Gasteiger partial charge in [0.05, 0.1) is 5.69 Å². The van der Waals surface area contributed by atoms with E-state index in [1.165, 1.54) is 6.07 Å². The van der Waals surface area contributed by atoms with Gasteiger partial charge in [0, 0.05) is 6.07 Å². The molecule has 1 aromatic heterocycles. The molecule has 7 nitrogen and oxygen atoms in total. The summed E-state index contributed by atoms with van der Waals surface area (Å²) in [6.07, 6.45) is 0. The van der Waals surface area contributed by atoms with E-state index in [1.54, 1.807) is 32.0 Å². The highest BCUT2D eigenvalue weighted by Crippen LogP contribution is 2.20. The second-order valence-electron chi connectivity index (χ2n) is 4.47. The highest BCUT2D eigenvalue weighted by atomic mass is 16.5. The Morgan fingerprint density at radius 1 is 1.33 bits per heavy atom. The van der Waals surface area contributed by atoms with Crippen LogP contribution in [0.25, 0.3) is 0 Å². The third-order valence-electron chi connectivity index (χ3n) is 2.62. The maximum Gasteiger partial charge on any atom is 0.339 e. The molecule has 0 spiro atoms. The van der Waals surface area contributed by atoms with Crippen LogP contribution in [0.3, 0.4) is 0 Å². The Morgan fingerprint density at radius 3 is 2.71 bits per heavy atom. The number of carboxylic acids is 1. The predicted octanol–water partition coefficient (Wildman–Crippen LogP) is 2.01. The molecule has 0 aliphatic carbocycles. The zero-order valence-corrected chi connectivity index (χ0v) is 11.5. The minimum atomic E-state index is -1.11. The summed E-state index contributed by atoms with van der Waals surface area (Å²) in [7, 11) is 0. The monoisotopic (exact) mass is 290 g/mol. The summed E-state index contributed by atoms with van der Waals surface area (Å²) in [5.41, 5.74) is 1.48. The number of anilines is 1. The molecule has 0 aliphatic heterocycles. The van der Waals surface area contributed by atoms with Crippen LogP contribution in [0.1, 0.15) is 21.6 Å². The maximum absolute atomic E-state index is 11.7. The molecule has 0 atom stereocenters. The predicted molar refractivity (Wildman–Crippen MR) is 73.5 cm³/mol. The smallest absolute Gasteiger partial charge is 0.339 e. The summed E-state index contributed by atoms with van der Waals surface area (Å²) in [6, 6.07) is 6.22. The van der Waals surface area contributed by atoms with Crippen molar-refractivity contribution in [1.82, 2.24) is 5.16 Å². The molecule has 110 valence electrons. The first kappa shape index (κ1) is 14.6. The van der Waals surface area contributed by atoms with Gasteiger partial charge in [0.25, 0.3) is 5.91 Å². The van der Waals surface area contributed by atoms with Gasteiger partial charge in [-0.1, -0.05) is 11.2 Å². The number of hydrogen-bond donors (Lipinski definition) is 2. The number of carbonyl (C=O) groups excluding carboxylic acids is 1. The summed E-state index contributed by atoms with van der Waals surface area (Å²) in [4.78, 5) is 22.8. The molecule has 0 radical (unpaired) electrons. The van der Waals surface area contributed by atoms with Crippen molar-refractivity contribution in [2.75, 3.05) is 11.9 Å². The topological polar surface area (TPSA) is 102 Å². The molecule has 0 fully saturated rings. The van der Waals surface area contributed by atoms with Gasteiger partial charge < -0.3 is 14.4 Å². The largest absolute Gasteiger partial charge is 0.483 e. The Kier molecular flexibility index (Phi) is 4.22. The Morgan fingerprint density at radius 2 is 2.10 bits per heavy atom. The van der Waals surface area contributed by atoms with Gasteiger partial charge in [0.2, 0.25) is 5.88 Å². The van der Waals surface area contributed by atoms with E-state index in [2.05, 4.69) is 10.5 Å². The van der Waals surface area contributed by atoms with Gasteiger partial charge in [-0.25, -0.2) is 4.79 Å². The molecule has 2 N–H and O–H groups in total. The number of hydrogen-bond acceptors (Lipinski definition) is 5. The molecule has 1 amide bonds. The van der Waals surface area contributed by atoms with E-state index < -0.39 is 11.9 Å². The first-order chi connectivity index (χ1) is 9.95. The third-order valence-corrected chi connectivity index (χ3v) is 2.62. The average molecular weight is 290 g/mol. The van der Waals surface area contributed by atoms with Crippen LogP contribution in [-0.4, -0.2) is 28.7 Å². The van der Waals surface area contributed by atoms with Gasteiger partial charge in [-0.05, 0) is 31.5 Å². The van der Waals surface area contributed by atoms with Crippen LogP contribution in [0, 0.1) is 13.8 Å². The number of nitrogens with one attached hydrogen (secondary N) is 1. The fourth-order valence-electron chi connectivity index (χ4n) is 1.66. The number of carbonyl (C=O) groups is 2. The van der Waals surface area contributed by atoms with Crippen LogP contribution >= 0.6 is 0 Å². The molecule has 21 heavy (non-hydrogen) atoms. The number of nitrogens with zero attached hydrogens (tertiary/aromatic N) is 1. The Labute approximate surface area is 120 Å². The molecule has 2 rings (SSSR count). The van der Waals surface area contributed by atoms with Crippen LogP contribution in [0.15, 0.2) is 28.8 Å². The third kappa shape index (κ3) is 3.82.